The van der Waals surface area contributed by atoms with E-state index in [1.165, 1.54) is 53.4 Å². The minimum absolute atomic E-state index is 0.0371. The third-order valence-corrected chi connectivity index (χ3v) is 12.1. The van der Waals surface area contributed by atoms with E-state index < -0.39 is 77.9 Å². The maximum atomic E-state index is 15.3. The van der Waals surface area contributed by atoms with Gasteiger partial charge in [0, 0.05) is 62.2 Å². The SMILES string of the molecule is O=C(OCc1ccc2c(=O)[nH]nc(Cc3ccc(F)c(C(=O)N4CCn5ccnc5C4)c3)c2c1)c1nc(C(F)(F)F)n2c1CN(C(=O)c1cc(Cc3n[nH]c(=O)c4ccccc34)ccc1F)CC2. The lowest BCUT2D eigenvalue weighted by molar-refractivity contribution is -0.147. The van der Waals surface area contributed by atoms with Gasteiger partial charge in [-0.1, -0.05) is 36.4 Å². The van der Waals surface area contributed by atoms with Crippen molar-refractivity contribution in [2.45, 2.75) is 51.8 Å². The summed E-state index contributed by atoms with van der Waals surface area (Å²) in [4.78, 5) is 76.7. The lowest BCUT2D eigenvalue weighted by Crippen LogP contribution is -2.40. The Balaban J connectivity index is 0.873. The Labute approximate surface area is 379 Å². The van der Waals surface area contributed by atoms with E-state index in [0.717, 1.165) is 15.5 Å². The number of alkyl halides is 3. The zero-order chi connectivity index (χ0) is 47.4. The predicted octanol–water partition coefficient (Wildman–Crippen LogP) is 5.70. The second-order valence-electron chi connectivity index (χ2n) is 16.4. The van der Waals surface area contributed by atoms with Crippen LogP contribution >= 0.6 is 0 Å². The van der Waals surface area contributed by atoms with Gasteiger partial charge in [0.2, 0.25) is 5.82 Å². The van der Waals surface area contributed by atoms with Gasteiger partial charge < -0.3 is 23.7 Å². The molecule has 6 heterocycles. The summed E-state index contributed by atoms with van der Waals surface area (Å²) in [7, 11) is 0. The first-order chi connectivity index (χ1) is 32.7. The normalized spacial score (nSPS) is 13.7. The number of aromatic amines is 2. The molecule has 8 aromatic rings. The van der Waals surface area contributed by atoms with Crippen molar-refractivity contribution in [3.8, 4) is 0 Å². The maximum absolute atomic E-state index is 15.3. The minimum Gasteiger partial charge on any atom is -0.456 e. The highest BCUT2D eigenvalue weighted by molar-refractivity contribution is 5.96. The Morgan fingerprint density at radius 3 is 1.93 bits per heavy atom. The first kappa shape index (κ1) is 43.5. The Morgan fingerprint density at radius 2 is 1.26 bits per heavy atom. The van der Waals surface area contributed by atoms with Crippen LogP contribution in [0.25, 0.3) is 21.5 Å². The van der Waals surface area contributed by atoms with Crippen LogP contribution in [0.15, 0.2) is 101 Å². The number of imidazole rings is 2. The first-order valence-corrected chi connectivity index (χ1v) is 21.2. The smallest absolute Gasteiger partial charge is 0.449 e. The lowest BCUT2D eigenvalue weighted by Gasteiger charge is -2.29. The zero-order valence-electron chi connectivity index (χ0n) is 35.4. The average Bonchev–Trinajstić information content (AvgIpc) is 3.98. The van der Waals surface area contributed by atoms with Crippen LogP contribution in [0.5, 0.6) is 0 Å². The highest BCUT2D eigenvalue weighted by Gasteiger charge is 2.42. The molecule has 4 aromatic heterocycles. The zero-order valence-corrected chi connectivity index (χ0v) is 35.4. The number of carbonyl (C=O) groups is 3. The van der Waals surface area contributed by atoms with Crippen LogP contribution in [0.4, 0.5) is 22.0 Å². The molecule has 344 valence electrons. The van der Waals surface area contributed by atoms with Crippen molar-refractivity contribution in [1.29, 1.82) is 0 Å². The number of nitrogens with one attached hydrogen (secondary N) is 2. The summed E-state index contributed by atoms with van der Waals surface area (Å²) in [5.74, 6) is -4.92. The third kappa shape index (κ3) is 8.15. The quantitative estimate of drug-likeness (QED) is 0.134. The van der Waals surface area contributed by atoms with Crippen molar-refractivity contribution in [2.75, 3.05) is 13.1 Å². The van der Waals surface area contributed by atoms with Crippen molar-refractivity contribution in [3.05, 3.63) is 186 Å². The molecule has 0 bridgehead atoms. The van der Waals surface area contributed by atoms with E-state index in [2.05, 4.69) is 30.4 Å². The standard InChI is InChI=1S/C47H35F5N10O6/c48-34-9-6-25(20-36-28-3-1-2-4-29(28)41(63)57-55-36)17-32(34)43(65)60-15-16-62-38(22-60)40(54-46(62)47(50,51)52)45(67)68-24-27-5-8-30-31(19-27)37(56-58-42(30)64)21-26-7-10-35(49)33(18-26)44(66)61-14-13-59-12-11-53-39(59)23-61/h1-12,17-19H,13-16,20-24H2,(H,57,63)(H,58,64). The number of benzene rings is 4. The monoisotopic (exact) mass is 930 g/mol. The van der Waals surface area contributed by atoms with Gasteiger partial charge in [-0.25, -0.2) is 33.7 Å². The van der Waals surface area contributed by atoms with Crippen LogP contribution in [0.3, 0.4) is 0 Å². The highest BCUT2D eigenvalue weighted by Crippen LogP contribution is 2.34. The van der Waals surface area contributed by atoms with Gasteiger partial charge in [0.05, 0.1) is 52.1 Å². The molecule has 0 spiro atoms. The number of rotatable bonds is 9. The second-order valence-corrected chi connectivity index (χ2v) is 16.4. The van der Waals surface area contributed by atoms with Gasteiger partial charge in [0.15, 0.2) is 5.69 Å². The van der Waals surface area contributed by atoms with Gasteiger partial charge in [-0.05, 0) is 59.2 Å². The topological polar surface area (TPSA) is 194 Å². The van der Waals surface area contributed by atoms with E-state index >= 15 is 8.78 Å². The van der Waals surface area contributed by atoms with Crippen molar-refractivity contribution < 1.29 is 41.1 Å². The van der Waals surface area contributed by atoms with Gasteiger partial charge in [0.25, 0.3) is 22.9 Å². The Hall–Kier alpha value is -8.36. The van der Waals surface area contributed by atoms with Crippen LogP contribution in [-0.4, -0.2) is 80.2 Å². The Kier molecular flexibility index (Phi) is 11.0. The number of esters is 1. The average molecular weight is 931 g/mol. The van der Waals surface area contributed by atoms with E-state index in [1.54, 1.807) is 36.7 Å². The number of hydrogen-bond donors (Lipinski definition) is 2. The molecule has 0 unspecified atom stereocenters. The van der Waals surface area contributed by atoms with Gasteiger partial charge in [-0.15, -0.1) is 0 Å². The van der Waals surface area contributed by atoms with E-state index in [1.807, 2.05) is 4.57 Å². The lowest BCUT2D eigenvalue weighted by atomic mass is 10.0. The summed E-state index contributed by atoms with van der Waals surface area (Å²) in [6, 6.07) is 19.2. The van der Waals surface area contributed by atoms with E-state index in [0.29, 0.717) is 63.2 Å². The van der Waals surface area contributed by atoms with Gasteiger partial charge in [-0.3, -0.25) is 19.2 Å². The summed E-state index contributed by atoms with van der Waals surface area (Å²) in [5.41, 5.74) is -0.371. The molecular formula is C47H35F5N10O6. The van der Waals surface area contributed by atoms with Gasteiger partial charge in [0.1, 0.15) is 24.1 Å². The Morgan fingerprint density at radius 1 is 0.676 bits per heavy atom. The highest BCUT2D eigenvalue weighted by atomic mass is 19.4. The van der Waals surface area contributed by atoms with E-state index in [4.69, 9.17) is 4.74 Å². The number of H-pyrrole nitrogens is 2. The van der Waals surface area contributed by atoms with Crippen LogP contribution in [0, 0.1) is 11.6 Å². The molecule has 2 aliphatic rings. The Bertz CT molecular complexity index is 3490. The summed E-state index contributed by atoms with van der Waals surface area (Å²) in [5, 5.41) is 14.7. The molecule has 4 aromatic carbocycles. The van der Waals surface area contributed by atoms with Crippen LogP contribution in [0.1, 0.15) is 76.6 Å². The predicted molar refractivity (Wildman–Crippen MR) is 231 cm³/mol. The molecule has 0 saturated carbocycles. The van der Waals surface area contributed by atoms with Gasteiger partial charge in [-0.2, -0.15) is 23.4 Å². The number of carbonyl (C=O) groups excluding carboxylic acids is 3. The fraction of sp³-hybridized carbons (Fsp3) is 0.213. The number of halogens is 5. The second kappa shape index (κ2) is 17.1. The third-order valence-electron chi connectivity index (χ3n) is 12.1. The number of aromatic nitrogens is 8. The summed E-state index contributed by atoms with van der Waals surface area (Å²) in [6.45, 7) is -0.671. The molecule has 0 radical (unpaired) electrons. The number of ether oxygens (including phenoxy) is 1. The number of nitrogens with zero attached hydrogens (tertiary/aromatic N) is 8. The van der Waals surface area contributed by atoms with Crippen molar-refractivity contribution in [1.82, 2.24) is 49.3 Å². The van der Waals surface area contributed by atoms with Crippen molar-refractivity contribution in [3.63, 3.8) is 0 Å². The molecule has 0 fully saturated rings. The van der Waals surface area contributed by atoms with Crippen molar-refractivity contribution >= 4 is 39.3 Å². The number of amides is 2. The van der Waals surface area contributed by atoms with Crippen LogP contribution in [0.2, 0.25) is 0 Å². The largest absolute Gasteiger partial charge is 0.456 e. The van der Waals surface area contributed by atoms with E-state index in [9.17, 15) is 37.1 Å². The number of fused-ring (bicyclic) bond motifs is 4. The molecule has 0 atom stereocenters. The fourth-order valence-electron chi connectivity index (χ4n) is 8.70. The molecular weight excluding hydrogens is 896 g/mol. The molecule has 16 nitrogen and oxygen atoms in total. The maximum Gasteiger partial charge on any atom is 0.449 e. The van der Waals surface area contributed by atoms with Crippen LogP contribution < -0.4 is 11.1 Å². The molecule has 2 amide bonds. The fourth-order valence-corrected chi connectivity index (χ4v) is 8.70. The van der Waals surface area contributed by atoms with E-state index in [-0.39, 0.29) is 48.1 Å². The number of hydrogen-bond acceptors (Lipinski definition) is 10. The van der Waals surface area contributed by atoms with Gasteiger partial charge >= 0.3 is 12.1 Å². The minimum atomic E-state index is -4.99. The summed E-state index contributed by atoms with van der Waals surface area (Å²) < 4.78 is 81.7. The summed E-state index contributed by atoms with van der Waals surface area (Å²) in [6.07, 6.45) is -1.42. The molecule has 21 heteroatoms. The summed E-state index contributed by atoms with van der Waals surface area (Å²) >= 11 is 0. The van der Waals surface area contributed by atoms with Crippen molar-refractivity contribution in [2.24, 2.45) is 0 Å². The molecule has 68 heavy (non-hydrogen) atoms. The molecule has 0 aliphatic carbocycles. The first-order valence-electron chi connectivity index (χ1n) is 21.2. The molecule has 2 aliphatic heterocycles. The molecule has 0 saturated heterocycles. The molecule has 2 N–H and O–H groups in total. The molecule has 10 rings (SSSR count). The van der Waals surface area contributed by atoms with Crippen LogP contribution in [-0.2, 0) is 56.5 Å².